The predicted molar refractivity (Wildman–Crippen MR) is 110 cm³/mol. The molecule has 0 aliphatic heterocycles. The molecule has 0 spiro atoms. The molecule has 2 aromatic carbocycles. The van der Waals surface area contributed by atoms with Gasteiger partial charge in [-0.05, 0) is 62.1 Å². The number of Topliss-reactive ketones (excluding diaryl/α,β-unsaturated/α-hetero) is 1. The van der Waals surface area contributed by atoms with Gasteiger partial charge in [0.15, 0.2) is 11.6 Å². The summed E-state index contributed by atoms with van der Waals surface area (Å²) < 4.78 is 1.79. The summed E-state index contributed by atoms with van der Waals surface area (Å²) in [5.41, 5.74) is 6.79. The number of aryl methyl sites for hydroxylation is 2. The Kier molecular flexibility index (Phi) is 3.79. The highest BCUT2D eigenvalue weighted by atomic mass is 16.1. The van der Waals surface area contributed by atoms with Crippen molar-refractivity contribution >= 4 is 28.3 Å². The van der Waals surface area contributed by atoms with Gasteiger partial charge in [0.05, 0.1) is 22.3 Å². The lowest BCUT2D eigenvalue weighted by Crippen LogP contribution is -2.14. The van der Waals surface area contributed by atoms with E-state index in [1.54, 1.807) is 4.68 Å². The molecule has 2 aromatic heterocycles. The number of anilines is 2. The summed E-state index contributed by atoms with van der Waals surface area (Å²) in [6, 6.07) is 14.0. The molecular formula is C22H21N5O. The lowest BCUT2D eigenvalue weighted by atomic mass is 9.96. The molecule has 0 unspecified atom stereocenters. The van der Waals surface area contributed by atoms with Crippen molar-refractivity contribution in [3.05, 3.63) is 64.8 Å². The van der Waals surface area contributed by atoms with Gasteiger partial charge in [-0.1, -0.05) is 18.2 Å². The van der Waals surface area contributed by atoms with Gasteiger partial charge in [-0.25, -0.2) is 9.67 Å². The molecule has 0 atom stereocenters. The van der Waals surface area contributed by atoms with E-state index in [1.807, 2.05) is 30.3 Å². The van der Waals surface area contributed by atoms with Crippen LogP contribution >= 0.6 is 0 Å². The van der Waals surface area contributed by atoms with Gasteiger partial charge in [-0.3, -0.25) is 4.79 Å². The van der Waals surface area contributed by atoms with E-state index in [0.717, 1.165) is 35.3 Å². The quantitative estimate of drug-likeness (QED) is 0.551. The molecule has 4 aromatic rings. The predicted octanol–water partition coefficient (Wildman–Crippen LogP) is 4.63. The number of fused-ring (bicyclic) bond motifs is 2. The standard InChI is InChI=1S/C22H21N5O/c1-13-10-11-15(12-14(13)2)23-21-20-18(8-5-9-19(20)28)27(26-21)22-24-16-6-3-4-7-17(16)25-22/h3-4,6-7,10-12H,5,8-9H2,1-2H3,(H,23,26)(H,24,25). The molecule has 6 heteroatoms. The minimum absolute atomic E-state index is 0.134. The van der Waals surface area contributed by atoms with E-state index in [9.17, 15) is 4.79 Å². The Morgan fingerprint density at radius 2 is 1.93 bits per heavy atom. The second kappa shape index (κ2) is 6.34. The molecule has 0 saturated heterocycles. The number of nitrogens with one attached hydrogen (secondary N) is 2. The van der Waals surface area contributed by atoms with Crippen LogP contribution < -0.4 is 5.32 Å². The third-order valence-corrected chi connectivity index (χ3v) is 5.42. The maximum atomic E-state index is 12.7. The van der Waals surface area contributed by atoms with E-state index >= 15 is 0 Å². The Morgan fingerprint density at radius 1 is 1.07 bits per heavy atom. The molecule has 0 radical (unpaired) electrons. The minimum Gasteiger partial charge on any atom is -0.338 e. The molecule has 28 heavy (non-hydrogen) atoms. The molecule has 1 aliphatic carbocycles. The topological polar surface area (TPSA) is 75.6 Å². The first-order valence-corrected chi connectivity index (χ1v) is 9.54. The monoisotopic (exact) mass is 371 g/mol. The summed E-state index contributed by atoms with van der Waals surface area (Å²) in [6.45, 7) is 4.16. The largest absolute Gasteiger partial charge is 0.338 e. The summed E-state index contributed by atoms with van der Waals surface area (Å²) in [5, 5.41) is 8.11. The second-order valence-electron chi connectivity index (χ2n) is 7.36. The fourth-order valence-corrected chi connectivity index (χ4v) is 3.78. The number of carbonyl (C=O) groups excluding carboxylic acids is 1. The molecule has 0 fully saturated rings. The van der Waals surface area contributed by atoms with Crippen LogP contribution in [0, 0.1) is 13.8 Å². The fraction of sp³-hybridized carbons (Fsp3) is 0.227. The van der Waals surface area contributed by atoms with E-state index in [1.165, 1.54) is 11.1 Å². The Balaban J connectivity index is 1.63. The van der Waals surface area contributed by atoms with E-state index in [4.69, 9.17) is 5.10 Å². The highest BCUT2D eigenvalue weighted by Gasteiger charge is 2.28. The Bertz CT molecular complexity index is 1180. The van der Waals surface area contributed by atoms with Crippen LogP contribution in [-0.2, 0) is 6.42 Å². The summed E-state index contributed by atoms with van der Waals surface area (Å²) in [6.07, 6.45) is 2.20. The molecule has 0 bridgehead atoms. The van der Waals surface area contributed by atoms with E-state index < -0.39 is 0 Å². The van der Waals surface area contributed by atoms with Crippen LogP contribution in [0.25, 0.3) is 17.0 Å². The van der Waals surface area contributed by atoms with Gasteiger partial charge in [-0.2, -0.15) is 0 Å². The summed E-state index contributed by atoms with van der Waals surface area (Å²) >= 11 is 0. The van der Waals surface area contributed by atoms with Crippen LogP contribution in [0.15, 0.2) is 42.5 Å². The number of aromatic nitrogens is 4. The number of imidazole rings is 1. The average molecular weight is 371 g/mol. The van der Waals surface area contributed by atoms with Crippen LogP contribution in [0.2, 0.25) is 0 Å². The van der Waals surface area contributed by atoms with Gasteiger partial charge in [0.2, 0.25) is 5.95 Å². The molecule has 0 amide bonds. The SMILES string of the molecule is Cc1ccc(Nc2nn(-c3nc4ccccc4[nH]3)c3c2C(=O)CCC3)cc1C. The van der Waals surface area contributed by atoms with Crippen molar-refractivity contribution < 1.29 is 4.79 Å². The molecule has 2 N–H and O–H groups in total. The van der Waals surface area contributed by atoms with Crippen molar-refractivity contribution in [3.63, 3.8) is 0 Å². The lowest BCUT2D eigenvalue weighted by Gasteiger charge is -2.13. The normalized spacial score (nSPS) is 13.7. The van der Waals surface area contributed by atoms with Gasteiger partial charge >= 0.3 is 0 Å². The zero-order chi connectivity index (χ0) is 19.3. The number of nitrogens with zero attached hydrogens (tertiary/aromatic N) is 3. The number of benzene rings is 2. The van der Waals surface area contributed by atoms with Gasteiger partial charge in [-0.15, -0.1) is 5.10 Å². The van der Waals surface area contributed by atoms with Gasteiger partial charge in [0.25, 0.3) is 0 Å². The van der Waals surface area contributed by atoms with Gasteiger partial charge < -0.3 is 10.3 Å². The molecule has 5 rings (SSSR count). The minimum atomic E-state index is 0.134. The lowest BCUT2D eigenvalue weighted by molar-refractivity contribution is 0.0973. The van der Waals surface area contributed by atoms with Gasteiger partial charge in [0, 0.05) is 12.1 Å². The number of rotatable bonds is 3. The number of hydrogen-bond acceptors (Lipinski definition) is 4. The molecule has 1 aliphatic rings. The Morgan fingerprint density at radius 3 is 2.75 bits per heavy atom. The molecule has 140 valence electrons. The van der Waals surface area contributed by atoms with Crippen molar-refractivity contribution in [2.75, 3.05) is 5.32 Å². The number of hydrogen-bond donors (Lipinski definition) is 2. The zero-order valence-electron chi connectivity index (χ0n) is 15.9. The highest BCUT2D eigenvalue weighted by molar-refractivity contribution is 6.03. The molecule has 2 heterocycles. The van der Waals surface area contributed by atoms with Crippen LogP contribution in [0.5, 0.6) is 0 Å². The summed E-state index contributed by atoms with van der Waals surface area (Å²) in [7, 11) is 0. The van der Waals surface area contributed by atoms with E-state index in [-0.39, 0.29) is 5.78 Å². The summed E-state index contributed by atoms with van der Waals surface area (Å²) in [5.74, 6) is 1.37. The van der Waals surface area contributed by atoms with Crippen LogP contribution in [-0.4, -0.2) is 25.5 Å². The first kappa shape index (κ1) is 16.7. The number of para-hydroxylation sites is 2. The van der Waals surface area contributed by atoms with Crippen LogP contribution in [0.3, 0.4) is 0 Å². The maximum Gasteiger partial charge on any atom is 0.229 e. The molecule has 6 nitrogen and oxygen atoms in total. The Labute approximate surface area is 162 Å². The number of H-pyrrole nitrogens is 1. The third-order valence-electron chi connectivity index (χ3n) is 5.42. The van der Waals surface area contributed by atoms with E-state index in [0.29, 0.717) is 23.8 Å². The average Bonchev–Trinajstić information content (AvgIpc) is 3.27. The van der Waals surface area contributed by atoms with Crippen molar-refractivity contribution in [2.24, 2.45) is 0 Å². The van der Waals surface area contributed by atoms with Crippen molar-refractivity contribution in [3.8, 4) is 5.95 Å². The number of ketones is 1. The smallest absolute Gasteiger partial charge is 0.229 e. The van der Waals surface area contributed by atoms with E-state index in [2.05, 4.69) is 41.3 Å². The van der Waals surface area contributed by atoms with Crippen molar-refractivity contribution in [2.45, 2.75) is 33.1 Å². The Hall–Kier alpha value is -3.41. The third kappa shape index (κ3) is 2.69. The second-order valence-corrected chi connectivity index (χ2v) is 7.36. The van der Waals surface area contributed by atoms with Crippen LogP contribution in [0.1, 0.15) is 40.0 Å². The maximum absolute atomic E-state index is 12.7. The van der Waals surface area contributed by atoms with Crippen molar-refractivity contribution in [1.29, 1.82) is 0 Å². The molecule has 0 saturated carbocycles. The fourth-order valence-electron chi connectivity index (χ4n) is 3.78. The number of aromatic amines is 1. The van der Waals surface area contributed by atoms with Crippen LogP contribution in [0.4, 0.5) is 11.5 Å². The first-order valence-electron chi connectivity index (χ1n) is 9.54. The number of carbonyl (C=O) groups is 1. The summed E-state index contributed by atoms with van der Waals surface area (Å²) in [4.78, 5) is 20.7. The van der Waals surface area contributed by atoms with Crippen molar-refractivity contribution in [1.82, 2.24) is 19.7 Å². The zero-order valence-corrected chi connectivity index (χ0v) is 15.9. The van der Waals surface area contributed by atoms with Gasteiger partial charge in [0.1, 0.15) is 0 Å². The first-order chi connectivity index (χ1) is 13.6. The molecular weight excluding hydrogens is 350 g/mol. The highest BCUT2D eigenvalue weighted by Crippen LogP contribution is 2.32.